The van der Waals surface area contributed by atoms with Crippen LogP contribution in [-0.2, 0) is 7.05 Å². The fraction of sp³-hybridized carbons (Fsp3) is 0.167. The number of aldehydes is 1. The zero-order chi connectivity index (χ0) is 11.7. The minimum absolute atomic E-state index is 0.0743. The number of nitrogens with zero attached hydrogens (tertiary/aromatic N) is 2. The lowest BCUT2D eigenvalue weighted by Crippen LogP contribution is -1.93. The molecule has 0 aliphatic rings. The third-order valence-electron chi connectivity index (χ3n) is 2.67. The second kappa shape index (κ2) is 3.89. The largest absolute Gasteiger partial charge is 0.298 e. The molecule has 0 aliphatic heterocycles. The molecule has 3 nitrogen and oxygen atoms in total. The van der Waals surface area contributed by atoms with Crippen molar-refractivity contribution in [3.63, 3.8) is 0 Å². The van der Waals surface area contributed by atoms with Gasteiger partial charge in [0.1, 0.15) is 5.82 Å². The van der Waals surface area contributed by atoms with Gasteiger partial charge in [-0.2, -0.15) is 5.10 Å². The number of benzene rings is 1. The molecule has 0 unspecified atom stereocenters. The summed E-state index contributed by atoms with van der Waals surface area (Å²) in [7, 11) is 1.83. The summed E-state index contributed by atoms with van der Waals surface area (Å²) in [6, 6.07) is 4.55. The molecule has 0 bridgehead atoms. The molecule has 0 saturated heterocycles. The summed E-state index contributed by atoms with van der Waals surface area (Å²) < 4.78 is 15.1. The van der Waals surface area contributed by atoms with Crippen LogP contribution in [0.15, 0.2) is 24.4 Å². The van der Waals surface area contributed by atoms with Crippen LogP contribution >= 0.6 is 0 Å². The van der Waals surface area contributed by atoms with E-state index in [2.05, 4.69) is 5.10 Å². The van der Waals surface area contributed by atoms with E-state index < -0.39 is 5.82 Å². The molecule has 1 aromatic heterocycles. The van der Waals surface area contributed by atoms with Crippen molar-refractivity contribution >= 4 is 6.29 Å². The third kappa shape index (κ3) is 1.62. The summed E-state index contributed by atoms with van der Waals surface area (Å²) in [6.07, 6.45) is 2.19. The Morgan fingerprint density at radius 1 is 1.44 bits per heavy atom. The van der Waals surface area contributed by atoms with Crippen LogP contribution in [0.25, 0.3) is 11.1 Å². The Kier molecular flexibility index (Phi) is 2.56. The Morgan fingerprint density at radius 3 is 2.69 bits per heavy atom. The predicted molar refractivity (Wildman–Crippen MR) is 58.7 cm³/mol. The fourth-order valence-corrected chi connectivity index (χ4v) is 1.57. The van der Waals surface area contributed by atoms with Crippen LogP contribution < -0.4 is 0 Å². The minimum atomic E-state index is -0.504. The quantitative estimate of drug-likeness (QED) is 0.725. The molecule has 0 fully saturated rings. The highest BCUT2D eigenvalue weighted by Gasteiger charge is 2.09. The van der Waals surface area contributed by atoms with Gasteiger partial charge in [-0.3, -0.25) is 9.48 Å². The van der Waals surface area contributed by atoms with Gasteiger partial charge in [-0.15, -0.1) is 0 Å². The van der Waals surface area contributed by atoms with Gasteiger partial charge in [-0.1, -0.05) is 6.07 Å². The van der Waals surface area contributed by atoms with Crippen LogP contribution in [0, 0.1) is 12.7 Å². The molecule has 2 aromatic rings. The van der Waals surface area contributed by atoms with Gasteiger partial charge in [0.15, 0.2) is 6.29 Å². The molecule has 0 aliphatic carbocycles. The van der Waals surface area contributed by atoms with Gasteiger partial charge in [0, 0.05) is 18.3 Å². The maximum Gasteiger partial charge on any atom is 0.152 e. The number of aromatic nitrogens is 2. The van der Waals surface area contributed by atoms with Crippen LogP contribution in [0.4, 0.5) is 4.39 Å². The van der Waals surface area contributed by atoms with Gasteiger partial charge >= 0.3 is 0 Å². The van der Waals surface area contributed by atoms with Gasteiger partial charge in [-0.25, -0.2) is 4.39 Å². The standard InChI is InChI=1S/C12H11FN2O/c1-8-11(6-14-15(8)2)9-3-4-10(7-16)12(13)5-9/h3-7H,1-2H3. The molecule has 0 atom stereocenters. The maximum absolute atomic E-state index is 13.4. The number of hydrogen-bond acceptors (Lipinski definition) is 2. The van der Waals surface area contributed by atoms with Crippen molar-refractivity contribution in [1.29, 1.82) is 0 Å². The average molecular weight is 218 g/mol. The molecule has 0 N–H and O–H groups in total. The van der Waals surface area contributed by atoms with Crippen molar-refractivity contribution in [2.24, 2.45) is 7.05 Å². The van der Waals surface area contributed by atoms with E-state index in [1.54, 1.807) is 16.9 Å². The number of aryl methyl sites for hydroxylation is 1. The first kappa shape index (κ1) is 10.5. The number of hydrogen-bond donors (Lipinski definition) is 0. The molecule has 0 radical (unpaired) electrons. The molecule has 4 heteroatoms. The average Bonchev–Trinajstić information content (AvgIpc) is 2.60. The van der Waals surface area contributed by atoms with E-state index in [1.807, 2.05) is 14.0 Å². The second-order valence-corrected chi connectivity index (χ2v) is 3.62. The van der Waals surface area contributed by atoms with E-state index in [9.17, 15) is 9.18 Å². The molecule has 0 spiro atoms. The lowest BCUT2D eigenvalue weighted by molar-refractivity contribution is 0.112. The lowest BCUT2D eigenvalue weighted by atomic mass is 10.0. The van der Waals surface area contributed by atoms with Crippen molar-refractivity contribution in [2.75, 3.05) is 0 Å². The molecule has 2 rings (SSSR count). The van der Waals surface area contributed by atoms with E-state index in [0.717, 1.165) is 16.8 Å². The molecule has 82 valence electrons. The first-order valence-electron chi connectivity index (χ1n) is 4.87. The Labute approximate surface area is 92.5 Å². The highest BCUT2D eigenvalue weighted by atomic mass is 19.1. The predicted octanol–water partition coefficient (Wildman–Crippen LogP) is 2.35. The normalized spacial score (nSPS) is 10.4. The van der Waals surface area contributed by atoms with E-state index >= 15 is 0 Å². The molecule has 0 saturated carbocycles. The number of rotatable bonds is 2. The van der Waals surface area contributed by atoms with Gasteiger partial charge in [0.05, 0.1) is 11.8 Å². The van der Waals surface area contributed by atoms with E-state index in [-0.39, 0.29) is 5.56 Å². The van der Waals surface area contributed by atoms with Crippen LogP contribution in [-0.4, -0.2) is 16.1 Å². The first-order valence-corrected chi connectivity index (χ1v) is 4.87. The lowest BCUT2D eigenvalue weighted by Gasteiger charge is -2.02. The number of carbonyl (C=O) groups is 1. The Bertz CT molecular complexity index is 546. The fourth-order valence-electron chi connectivity index (χ4n) is 1.57. The van der Waals surface area contributed by atoms with Gasteiger partial charge in [0.2, 0.25) is 0 Å². The van der Waals surface area contributed by atoms with Gasteiger partial charge in [0.25, 0.3) is 0 Å². The first-order chi connectivity index (χ1) is 7.63. The topological polar surface area (TPSA) is 34.9 Å². The summed E-state index contributed by atoms with van der Waals surface area (Å²) >= 11 is 0. The van der Waals surface area contributed by atoms with Crippen LogP contribution in [0.5, 0.6) is 0 Å². The van der Waals surface area contributed by atoms with E-state index in [0.29, 0.717) is 6.29 Å². The Balaban J connectivity index is 2.53. The molecular weight excluding hydrogens is 207 g/mol. The molecule has 0 amide bonds. The Morgan fingerprint density at radius 2 is 2.19 bits per heavy atom. The maximum atomic E-state index is 13.4. The highest BCUT2D eigenvalue weighted by molar-refractivity contribution is 5.77. The molecule has 1 heterocycles. The van der Waals surface area contributed by atoms with Crippen molar-refractivity contribution in [2.45, 2.75) is 6.92 Å². The van der Waals surface area contributed by atoms with Crippen molar-refractivity contribution in [3.05, 3.63) is 41.5 Å². The summed E-state index contributed by atoms with van der Waals surface area (Å²) in [6.45, 7) is 1.91. The van der Waals surface area contributed by atoms with Gasteiger partial charge < -0.3 is 0 Å². The monoisotopic (exact) mass is 218 g/mol. The SMILES string of the molecule is Cc1c(-c2ccc(C=O)c(F)c2)cnn1C. The zero-order valence-electron chi connectivity index (χ0n) is 9.07. The van der Waals surface area contributed by atoms with Crippen molar-refractivity contribution in [1.82, 2.24) is 9.78 Å². The molecule has 16 heavy (non-hydrogen) atoms. The zero-order valence-corrected chi connectivity index (χ0v) is 9.07. The van der Waals surface area contributed by atoms with E-state index in [4.69, 9.17) is 0 Å². The minimum Gasteiger partial charge on any atom is -0.298 e. The third-order valence-corrected chi connectivity index (χ3v) is 2.67. The summed E-state index contributed by atoms with van der Waals surface area (Å²) in [5.74, 6) is -0.504. The number of halogens is 1. The van der Waals surface area contributed by atoms with Crippen LogP contribution in [0.1, 0.15) is 16.1 Å². The second-order valence-electron chi connectivity index (χ2n) is 3.62. The molecular formula is C12H11FN2O. The summed E-state index contributed by atoms with van der Waals surface area (Å²) in [5.41, 5.74) is 2.64. The van der Waals surface area contributed by atoms with Crippen LogP contribution in [0.2, 0.25) is 0 Å². The van der Waals surface area contributed by atoms with Crippen molar-refractivity contribution < 1.29 is 9.18 Å². The van der Waals surface area contributed by atoms with Crippen molar-refractivity contribution in [3.8, 4) is 11.1 Å². The number of carbonyl (C=O) groups excluding carboxylic acids is 1. The van der Waals surface area contributed by atoms with Crippen LogP contribution in [0.3, 0.4) is 0 Å². The summed E-state index contributed by atoms with van der Waals surface area (Å²) in [4.78, 5) is 10.5. The Hall–Kier alpha value is -1.97. The molecule has 1 aromatic carbocycles. The smallest absolute Gasteiger partial charge is 0.152 e. The summed E-state index contributed by atoms with van der Waals surface area (Å²) in [5, 5.41) is 4.09. The van der Waals surface area contributed by atoms with E-state index in [1.165, 1.54) is 12.1 Å². The van der Waals surface area contributed by atoms with Gasteiger partial charge in [-0.05, 0) is 24.6 Å². The highest BCUT2D eigenvalue weighted by Crippen LogP contribution is 2.24.